The van der Waals surface area contributed by atoms with Gasteiger partial charge in [0, 0.05) is 17.3 Å². The molecule has 4 rings (SSSR count). The molecule has 0 spiro atoms. The van der Waals surface area contributed by atoms with E-state index >= 15 is 0 Å². The Kier molecular flexibility index (Phi) is 6.89. The van der Waals surface area contributed by atoms with Crippen LogP contribution in [0.3, 0.4) is 0 Å². The standard InChI is InChI=1S/C25H34N2O4S/c1-17-4-7-19(8-5-17)20-9-13-22(14-10-20)31-16-24-23(26-32(3,29)30)15-12-21-11-6-18(2)25(28)27(21)24/h4-8,11,20,22-24,26H,9-10,12-16H2,1-3H3/t20?,22?,23-,24-/m0/s1. The fraction of sp³-hybridized carbons (Fsp3) is 0.560. The summed E-state index contributed by atoms with van der Waals surface area (Å²) in [6.45, 7) is 4.24. The van der Waals surface area contributed by atoms with Crippen LogP contribution in [0.4, 0.5) is 0 Å². The molecule has 7 heteroatoms. The summed E-state index contributed by atoms with van der Waals surface area (Å²) in [7, 11) is -3.39. The summed E-state index contributed by atoms with van der Waals surface area (Å²) >= 11 is 0. The molecule has 6 nitrogen and oxygen atoms in total. The normalized spacial score (nSPS) is 26.0. The zero-order chi connectivity index (χ0) is 22.9. The Hall–Kier alpha value is -1.96. The van der Waals surface area contributed by atoms with Crippen molar-refractivity contribution in [1.29, 1.82) is 0 Å². The van der Waals surface area contributed by atoms with Gasteiger partial charge in [0.1, 0.15) is 0 Å². The van der Waals surface area contributed by atoms with Gasteiger partial charge in [-0.3, -0.25) is 4.79 Å². The molecule has 1 aromatic carbocycles. The third-order valence-corrected chi connectivity index (χ3v) is 7.72. The molecule has 1 N–H and O–H groups in total. The Bertz CT molecular complexity index is 1100. The highest BCUT2D eigenvalue weighted by molar-refractivity contribution is 7.88. The number of aryl methyl sites for hydroxylation is 3. The lowest BCUT2D eigenvalue weighted by Gasteiger charge is -2.37. The maximum absolute atomic E-state index is 12.9. The van der Waals surface area contributed by atoms with Crippen LogP contribution in [0.15, 0.2) is 41.2 Å². The van der Waals surface area contributed by atoms with Gasteiger partial charge in [-0.2, -0.15) is 0 Å². The number of benzene rings is 1. The number of rotatable bonds is 6. The van der Waals surface area contributed by atoms with Gasteiger partial charge in [-0.25, -0.2) is 13.1 Å². The second kappa shape index (κ2) is 9.49. The van der Waals surface area contributed by atoms with Gasteiger partial charge < -0.3 is 9.30 Å². The number of hydrogen-bond acceptors (Lipinski definition) is 4. The zero-order valence-electron chi connectivity index (χ0n) is 19.2. The highest BCUT2D eigenvalue weighted by atomic mass is 32.2. The molecule has 2 aliphatic rings. The first kappa shape index (κ1) is 23.2. The molecule has 174 valence electrons. The van der Waals surface area contributed by atoms with Crippen LogP contribution in [0.2, 0.25) is 0 Å². The number of pyridine rings is 1. The molecule has 0 saturated heterocycles. The molecule has 32 heavy (non-hydrogen) atoms. The number of sulfonamides is 1. The van der Waals surface area contributed by atoms with Crippen LogP contribution >= 0.6 is 0 Å². The van der Waals surface area contributed by atoms with Gasteiger partial charge in [0.05, 0.1) is 25.0 Å². The number of hydrogen-bond donors (Lipinski definition) is 1. The van der Waals surface area contributed by atoms with Gasteiger partial charge in [0.15, 0.2) is 0 Å². The lowest BCUT2D eigenvalue weighted by Crippen LogP contribution is -2.49. The Morgan fingerprint density at radius 1 is 1.00 bits per heavy atom. The molecule has 0 radical (unpaired) electrons. The zero-order valence-corrected chi connectivity index (χ0v) is 20.0. The molecule has 2 aromatic rings. The highest BCUT2D eigenvalue weighted by Gasteiger charge is 2.33. The van der Waals surface area contributed by atoms with E-state index in [1.165, 1.54) is 17.4 Å². The molecule has 1 aromatic heterocycles. The molecule has 0 unspecified atom stereocenters. The number of nitrogens with zero attached hydrogens (tertiary/aromatic N) is 1. The van der Waals surface area contributed by atoms with E-state index in [9.17, 15) is 13.2 Å². The van der Waals surface area contributed by atoms with Gasteiger partial charge in [-0.05, 0) is 69.9 Å². The monoisotopic (exact) mass is 458 g/mol. The van der Waals surface area contributed by atoms with E-state index in [4.69, 9.17) is 4.74 Å². The number of ether oxygens (including phenoxy) is 1. The summed E-state index contributed by atoms with van der Waals surface area (Å²) < 4.78 is 34.8. The van der Waals surface area contributed by atoms with E-state index in [0.29, 0.717) is 30.9 Å². The van der Waals surface area contributed by atoms with E-state index < -0.39 is 10.0 Å². The van der Waals surface area contributed by atoms with E-state index in [0.717, 1.165) is 31.4 Å². The van der Waals surface area contributed by atoms with E-state index in [1.807, 2.05) is 12.1 Å². The molecule has 1 aliphatic heterocycles. The quantitative estimate of drug-likeness (QED) is 0.717. The van der Waals surface area contributed by atoms with Crippen molar-refractivity contribution in [2.45, 2.75) is 76.5 Å². The van der Waals surface area contributed by atoms with Gasteiger partial charge >= 0.3 is 0 Å². The highest BCUT2D eigenvalue weighted by Crippen LogP contribution is 2.35. The Balaban J connectivity index is 1.45. The molecule has 0 amide bonds. The van der Waals surface area contributed by atoms with E-state index in [2.05, 4.69) is 35.9 Å². The van der Waals surface area contributed by atoms with Gasteiger partial charge in [-0.15, -0.1) is 0 Å². The van der Waals surface area contributed by atoms with Crippen LogP contribution < -0.4 is 10.3 Å². The first-order chi connectivity index (χ1) is 15.2. The van der Waals surface area contributed by atoms with Crippen LogP contribution in [0.25, 0.3) is 0 Å². The Morgan fingerprint density at radius 2 is 1.69 bits per heavy atom. The van der Waals surface area contributed by atoms with Gasteiger partial charge in [0.2, 0.25) is 10.0 Å². The molecular formula is C25H34N2O4S. The average molecular weight is 459 g/mol. The topological polar surface area (TPSA) is 77.4 Å². The number of aromatic nitrogens is 1. The SMILES string of the molecule is Cc1ccc(C2CCC(OC[C@H]3[C@@H](NS(C)(=O)=O)CCc4ccc(C)c(=O)n43)CC2)cc1. The van der Waals surface area contributed by atoms with Crippen LogP contribution in [0.5, 0.6) is 0 Å². The van der Waals surface area contributed by atoms with Gasteiger partial charge in [-0.1, -0.05) is 35.9 Å². The third kappa shape index (κ3) is 5.33. The van der Waals surface area contributed by atoms with Crippen molar-refractivity contribution in [1.82, 2.24) is 9.29 Å². The van der Waals surface area contributed by atoms with Crippen LogP contribution in [-0.4, -0.2) is 38.0 Å². The smallest absolute Gasteiger partial charge is 0.254 e. The van der Waals surface area contributed by atoms with Gasteiger partial charge in [0.25, 0.3) is 5.56 Å². The van der Waals surface area contributed by atoms with Crippen LogP contribution in [0, 0.1) is 13.8 Å². The van der Waals surface area contributed by atoms with Crippen molar-refractivity contribution >= 4 is 10.0 Å². The Labute approximate surface area is 191 Å². The second-order valence-electron chi connectivity index (χ2n) is 9.50. The fourth-order valence-electron chi connectivity index (χ4n) is 5.18. The maximum atomic E-state index is 12.9. The maximum Gasteiger partial charge on any atom is 0.254 e. The average Bonchev–Trinajstić information content (AvgIpc) is 2.75. The van der Waals surface area contributed by atoms with E-state index in [-0.39, 0.29) is 23.7 Å². The number of fused-ring (bicyclic) bond motifs is 1. The summed E-state index contributed by atoms with van der Waals surface area (Å²) in [6.07, 6.45) is 6.76. The molecule has 2 heterocycles. The molecule has 2 atom stereocenters. The molecule has 1 saturated carbocycles. The third-order valence-electron chi connectivity index (χ3n) is 6.99. The lowest BCUT2D eigenvalue weighted by molar-refractivity contribution is -0.00168. The van der Waals surface area contributed by atoms with Crippen molar-refractivity contribution in [3.63, 3.8) is 0 Å². The summed E-state index contributed by atoms with van der Waals surface area (Å²) in [5.74, 6) is 0.566. The number of nitrogens with one attached hydrogen (secondary N) is 1. The van der Waals surface area contributed by atoms with E-state index in [1.54, 1.807) is 11.5 Å². The fourth-order valence-corrected chi connectivity index (χ4v) is 6.00. The largest absolute Gasteiger partial charge is 0.376 e. The van der Waals surface area contributed by atoms with Crippen molar-refractivity contribution < 1.29 is 13.2 Å². The Morgan fingerprint density at radius 3 is 2.34 bits per heavy atom. The summed E-state index contributed by atoms with van der Waals surface area (Å²) in [5, 5.41) is 0. The van der Waals surface area contributed by atoms with Crippen molar-refractivity contribution in [3.8, 4) is 0 Å². The predicted molar refractivity (Wildman–Crippen MR) is 127 cm³/mol. The minimum Gasteiger partial charge on any atom is -0.376 e. The van der Waals surface area contributed by atoms with Crippen LogP contribution in [-0.2, 0) is 21.2 Å². The summed E-state index contributed by atoms with van der Waals surface area (Å²) in [6, 6.07) is 12.0. The summed E-state index contributed by atoms with van der Waals surface area (Å²) in [5.41, 5.74) is 4.23. The molecule has 1 aliphatic carbocycles. The van der Waals surface area contributed by atoms with Crippen molar-refractivity contribution in [2.24, 2.45) is 0 Å². The predicted octanol–water partition coefficient (Wildman–Crippen LogP) is 3.61. The van der Waals surface area contributed by atoms with Crippen LogP contribution in [0.1, 0.15) is 66.4 Å². The molecular weight excluding hydrogens is 424 g/mol. The molecule has 0 bridgehead atoms. The lowest BCUT2D eigenvalue weighted by atomic mass is 9.82. The first-order valence-corrected chi connectivity index (χ1v) is 13.5. The van der Waals surface area contributed by atoms with Crippen molar-refractivity contribution in [3.05, 3.63) is 69.1 Å². The second-order valence-corrected chi connectivity index (χ2v) is 11.3. The summed E-state index contributed by atoms with van der Waals surface area (Å²) in [4.78, 5) is 12.9. The minimum absolute atomic E-state index is 0.0563. The first-order valence-electron chi connectivity index (χ1n) is 11.6. The molecule has 1 fully saturated rings. The van der Waals surface area contributed by atoms with Crippen molar-refractivity contribution in [2.75, 3.05) is 12.9 Å². The minimum atomic E-state index is -3.39.